The second-order valence-corrected chi connectivity index (χ2v) is 7.52. The number of unbranched alkanes of at least 4 members (excludes halogenated alkanes) is 3. The Hall–Kier alpha value is -2.05. The van der Waals surface area contributed by atoms with Gasteiger partial charge in [0.25, 0.3) is 5.91 Å². The highest BCUT2D eigenvalue weighted by Gasteiger charge is 2.47. The summed E-state index contributed by atoms with van der Waals surface area (Å²) in [6.07, 6.45) is 5.71. The van der Waals surface area contributed by atoms with Gasteiger partial charge in [-0.25, -0.2) is 4.79 Å². The number of ether oxygens (including phenoxy) is 1. The first-order valence-electron chi connectivity index (χ1n) is 9.66. The summed E-state index contributed by atoms with van der Waals surface area (Å²) in [5, 5.41) is 3.87. The molecule has 7 nitrogen and oxygen atoms in total. The molecule has 0 unspecified atom stereocenters. The third-order valence-electron chi connectivity index (χ3n) is 5.53. The van der Waals surface area contributed by atoms with Crippen LogP contribution in [0.2, 0.25) is 0 Å². The van der Waals surface area contributed by atoms with Crippen molar-refractivity contribution in [1.29, 1.82) is 0 Å². The van der Waals surface area contributed by atoms with Crippen molar-refractivity contribution >= 4 is 12.0 Å². The number of nitrogens with zero attached hydrogens (tertiary/aromatic N) is 3. The largest absolute Gasteiger partial charge is 0.441 e. The normalized spacial score (nSPS) is 19.3. The molecule has 2 aliphatic rings. The maximum absolute atomic E-state index is 12.7. The first kappa shape index (κ1) is 18.7. The third-order valence-corrected chi connectivity index (χ3v) is 5.53. The number of amides is 2. The SMILES string of the molecule is CCCCCCN1CC2(CCN(C(=O)c3c(C)noc3C)CC2)OC1=O. The van der Waals surface area contributed by atoms with Crippen LogP contribution in [0.1, 0.15) is 67.3 Å². The van der Waals surface area contributed by atoms with E-state index < -0.39 is 5.60 Å². The molecule has 2 fully saturated rings. The topological polar surface area (TPSA) is 75.9 Å². The first-order chi connectivity index (χ1) is 12.5. The van der Waals surface area contributed by atoms with Crippen molar-refractivity contribution in [2.75, 3.05) is 26.2 Å². The summed E-state index contributed by atoms with van der Waals surface area (Å²) in [6, 6.07) is 0. The molecule has 2 aliphatic heterocycles. The van der Waals surface area contributed by atoms with E-state index in [2.05, 4.69) is 12.1 Å². The number of hydrogen-bond acceptors (Lipinski definition) is 5. The van der Waals surface area contributed by atoms with Crippen molar-refractivity contribution in [1.82, 2.24) is 15.0 Å². The molecule has 1 spiro atoms. The van der Waals surface area contributed by atoms with Gasteiger partial charge in [0.15, 0.2) is 0 Å². The lowest BCUT2D eigenvalue weighted by molar-refractivity contribution is 0.00309. The summed E-state index contributed by atoms with van der Waals surface area (Å²) >= 11 is 0. The minimum atomic E-state index is -0.433. The Kier molecular flexibility index (Phi) is 5.53. The predicted octanol–water partition coefficient (Wildman–Crippen LogP) is 3.30. The molecule has 0 aromatic carbocycles. The quantitative estimate of drug-likeness (QED) is 0.725. The monoisotopic (exact) mass is 363 g/mol. The molecular weight excluding hydrogens is 334 g/mol. The van der Waals surface area contributed by atoms with Gasteiger partial charge in [0, 0.05) is 32.5 Å². The molecular formula is C19H29N3O4. The number of aryl methyl sites for hydroxylation is 2. The summed E-state index contributed by atoms with van der Waals surface area (Å²) in [6.45, 7) is 8.29. The Bertz CT molecular complexity index is 642. The van der Waals surface area contributed by atoms with Crippen LogP contribution in [0.25, 0.3) is 0 Å². The highest BCUT2D eigenvalue weighted by molar-refractivity contribution is 5.96. The van der Waals surface area contributed by atoms with Crippen molar-refractivity contribution in [3.63, 3.8) is 0 Å². The zero-order valence-corrected chi connectivity index (χ0v) is 16.0. The van der Waals surface area contributed by atoms with Crippen LogP contribution < -0.4 is 0 Å². The van der Waals surface area contributed by atoms with E-state index in [1.54, 1.807) is 13.8 Å². The van der Waals surface area contributed by atoms with Gasteiger partial charge in [0.05, 0.1) is 12.2 Å². The van der Waals surface area contributed by atoms with Gasteiger partial charge in [-0.2, -0.15) is 0 Å². The van der Waals surface area contributed by atoms with Gasteiger partial charge >= 0.3 is 6.09 Å². The Morgan fingerprint density at radius 3 is 2.54 bits per heavy atom. The number of aromatic nitrogens is 1. The molecule has 0 radical (unpaired) electrons. The molecule has 2 saturated heterocycles. The van der Waals surface area contributed by atoms with Crippen LogP contribution in [0.15, 0.2) is 4.52 Å². The molecule has 3 rings (SSSR count). The minimum absolute atomic E-state index is 0.0446. The van der Waals surface area contributed by atoms with Crippen LogP contribution in [0.5, 0.6) is 0 Å². The number of likely N-dealkylation sites (tertiary alicyclic amines) is 1. The first-order valence-corrected chi connectivity index (χ1v) is 9.66. The minimum Gasteiger partial charge on any atom is -0.441 e. The van der Waals surface area contributed by atoms with Crippen LogP contribution in [0.3, 0.4) is 0 Å². The second kappa shape index (κ2) is 7.68. The van der Waals surface area contributed by atoms with E-state index in [0.29, 0.717) is 49.5 Å². The molecule has 0 N–H and O–H groups in total. The van der Waals surface area contributed by atoms with Gasteiger partial charge in [-0.1, -0.05) is 31.3 Å². The molecule has 144 valence electrons. The van der Waals surface area contributed by atoms with E-state index in [4.69, 9.17) is 9.26 Å². The fourth-order valence-corrected chi connectivity index (χ4v) is 3.92. The van der Waals surface area contributed by atoms with Gasteiger partial charge in [0.1, 0.15) is 16.9 Å². The zero-order chi connectivity index (χ0) is 18.7. The zero-order valence-electron chi connectivity index (χ0n) is 16.0. The lowest BCUT2D eigenvalue weighted by Crippen LogP contribution is -2.49. The van der Waals surface area contributed by atoms with Crippen LogP contribution in [0, 0.1) is 13.8 Å². The van der Waals surface area contributed by atoms with Crippen LogP contribution in [-0.2, 0) is 4.74 Å². The Morgan fingerprint density at radius 1 is 1.19 bits per heavy atom. The summed E-state index contributed by atoms with van der Waals surface area (Å²) in [5.74, 6) is 0.509. The van der Waals surface area contributed by atoms with Crippen molar-refractivity contribution in [2.24, 2.45) is 0 Å². The van der Waals surface area contributed by atoms with Crippen molar-refractivity contribution in [3.8, 4) is 0 Å². The number of piperidine rings is 1. The molecule has 26 heavy (non-hydrogen) atoms. The fourth-order valence-electron chi connectivity index (χ4n) is 3.92. The van der Waals surface area contributed by atoms with Gasteiger partial charge < -0.3 is 19.1 Å². The smallest absolute Gasteiger partial charge is 0.410 e. The standard InChI is InChI=1S/C19H29N3O4/c1-4-5-6-7-10-22-13-19(25-18(22)24)8-11-21(12-9-19)17(23)16-14(2)20-26-15(16)3/h4-13H2,1-3H3. The average molecular weight is 363 g/mol. The van der Waals surface area contributed by atoms with Crippen molar-refractivity contribution in [2.45, 2.75) is 64.9 Å². The van der Waals surface area contributed by atoms with Crippen LogP contribution >= 0.6 is 0 Å². The molecule has 0 bridgehead atoms. The lowest BCUT2D eigenvalue weighted by atomic mass is 9.91. The molecule has 1 aromatic heterocycles. The predicted molar refractivity (Wildman–Crippen MR) is 96.0 cm³/mol. The van der Waals surface area contributed by atoms with Gasteiger partial charge in [0.2, 0.25) is 0 Å². The fraction of sp³-hybridized carbons (Fsp3) is 0.737. The number of rotatable bonds is 6. The summed E-state index contributed by atoms with van der Waals surface area (Å²) in [7, 11) is 0. The maximum Gasteiger partial charge on any atom is 0.410 e. The van der Waals surface area contributed by atoms with Crippen LogP contribution in [0.4, 0.5) is 4.79 Å². The van der Waals surface area contributed by atoms with E-state index >= 15 is 0 Å². The molecule has 0 saturated carbocycles. The second-order valence-electron chi connectivity index (χ2n) is 7.52. The number of hydrogen-bond donors (Lipinski definition) is 0. The molecule has 3 heterocycles. The Morgan fingerprint density at radius 2 is 1.92 bits per heavy atom. The number of carbonyl (C=O) groups excluding carboxylic acids is 2. The average Bonchev–Trinajstić information content (AvgIpc) is 3.11. The summed E-state index contributed by atoms with van der Waals surface area (Å²) in [4.78, 5) is 28.6. The molecule has 7 heteroatoms. The van der Waals surface area contributed by atoms with E-state index in [9.17, 15) is 9.59 Å². The van der Waals surface area contributed by atoms with Crippen LogP contribution in [-0.4, -0.2) is 58.7 Å². The summed E-state index contributed by atoms with van der Waals surface area (Å²) in [5.41, 5.74) is 0.748. The number of carbonyl (C=O) groups is 2. The van der Waals surface area contributed by atoms with Gasteiger partial charge in [-0.15, -0.1) is 0 Å². The molecule has 2 amide bonds. The van der Waals surface area contributed by atoms with Gasteiger partial charge in [-0.3, -0.25) is 4.79 Å². The third kappa shape index (κ3) is 3.71. The van der Waals surface area contributed by atoms with Crippen molar-refractivity contribution < 1.29 is 18.8 Å². The molecule has 0 aliphatic carbocycles. The van der Waals surface area contributed by atoms with E-state index in [1.165, 1.54) is 12.8 Å². The highest BCUT2D eigenvalue weighted by Crippen LogP contribution is 2.34. The molecule has 1 aromatic rings. The maximum atomic E-state index is 12.7. The lowest BCUT2D eigenvalue weighted by Gasteiger charge is -2.37. The Balaban J connectivity index is 1.55. The Labute approximate surface area is 154 Å². The van der Waals surface area contributed by atoms with E-state index in [0.717, 1.165) is 19.4 Å². The van der Waals surface area contributed by atoms with E-state index in [1.807, 2.05) is 9.80 Å². The highest BCUT2D eigenvalue weighted by atomic mass is 16.6. The van der Waals surface area contributed by atoms with E-state index in [-0.39, 0.29) is 12.0 Å². The van der Waals surface area contributed by atoms with Gasteiger partial charge in [-0.05, 0) is 20.3 Å². The van der Waals surface area contributed by atoms with Crippen molar-refractivity contribution in [3.05, 3.63) is 17.0 Å². The molecule has 0 atom stereocenters. The summed E-state index contributed by atoms with van der Waals surface area (Å²) < 4.78 is 10.9.